The van der Waals surface area contributed by atoms with Gasteiger partial charge in [-0.1, -0.05) is 30.3 Å². The van der Waals surface area contributed by atoms with E-state index in [1.54, 1.807) is 17.4 Å². The highest BCUT2D eigenvalue weighted by Gasteiger charge is 2.26. The third-order valence-corrected chi connectivity index (χ3v) is 7.41. The molecule has 3 aromatic rings. The summed E-state index contributed by atoms with van der Waals surface area (Å²) in [5, 5.41) is 2.84. The van der Waals surface area contributed by atoms with Gasteiger partial charge in [-0.05, 0) is 42.8 Å². The Bertz CT molecular complexity index is 1130. The number of benzene rings is 2. The summed E-state index contributed by atoms with van der Waals surface area (Å²) in [5.41, 5.74) is 1.12. The molecule has 0 bridgehead atoms. The van der Waals surface area contributed by atoms with Gasteiger partial charge in [-0.2, -0.15) is 4.31 Å². The number of hydrogen-bond donors (Lipinski definition) is 1. The molecule has 0 fully saturated rings. The van der Waals surface area contributed by atoms with Gasteiger partial charge >= 0.3 is 0 Å². The molecule has 0 radical (unpaired) electrons. The quantitative estimate of drug-likeness (QED) is 0.573. The smallest absolute Gasteiger partial charge is 0.251 e. The first-order valence-corrected chi connectivity index (χ1v) is 11.6. The van der Waals surface area contributed by atoms with Crippen LogP contribution in [0.25, 0.3) is 0 Å². The van der Waals surface area contributed by atoms with Crippen molar-refractivity contribution in [2.75, 3.05) is 14.2 Å². The second kappa shape index (κ2) is 9.42. The Morgan fingerprint density at radius 3 is 2.47 bits per heavy atom. The van der Waals surface area contributed by atoms with Crippen LogP contribution in [0, 0.1) is 6.92 Å². The van der Waals surface area contributed by atoms with Crippen molar-refractivity contribution in [3.05, 3.63) is 81.5 Å². The maximum Gasteiger partial charge on any atom is 0.251 e. The minimum absolute atomic E-state index is 0.0388. The van der Waals surface area contributed by atoms with Crippen molar-refractivity contribution < 1.29 is 17.9 Å². The number of amides is 1. The molecule has 0 atom stereocenters. The molecule has 0 saturated carbocycles. The lowest BCUT2D eigenvalue weighted by Gasteiger charge is -2.19. The molecule has 3 rings (SSSR count). The van der Waals surface area contributed by atoms with Gasteiger partial charge in [0.1, 0.15) is 10.6 Å². The van der Waals surface area contributed by atoms with Crippen molar-refractivity contribution in [3.63, 3.8) is 0 Å². The summed E-state index contributed by atoms with van der Waals surface area (Å²) in [6, 6.07) is 17.7. The molecule has 0 aliphatic heterocycles. The van der Waals surface area contributed by atoms with Gasteiger partial charge in [-0.15, -0.1) is 11.3 Å². The number of thiophene rings is 1. The summed E-state index contributed by atoms with van der Waals surface area (Å²) in [4.78, 5) is 14.8. The molecule has 158 valence electrons. The number of ether oxygens (including phenoxy) is 1. The number of hydrogen-bond acceptors (Lipinski definition) is 5. The number of nitrogens with one attached hydrogen (secondary N) is 1. The second-order valence-corrected chi connectivity index (χ2v) is 10.2. The molecular weight excluding hydrogens is 420 g/mol. The minimum Gasteiger partial charge on any atom is -0.495 e. The lowest BCUT2D eigenvalue weighted by molar-refractivity contribution is 0.0951. The van der Waals surface area contributed by atoms with Gasteiger partial charge in [-0.3, -0.25) is 4.79 Å². The van der Waals surface area contributed by atoms with Gasteiger partial charge in [-0.25, -0.2) is 8.42 Å². The van der Waals surface area contributed by atoms with Gasteiger partial charge in [0.25, 0.3) is 5.91 Å². The van der Waals surface area contributed by atoms with Gasteiger partial charge in [0.2, 0.25) is 10.0 Å². The first-order chi connectivity index (χ1) is 14.3. The molecule has 1 N–H and O–H groups in total. The molecule has 1 heterocycles. The van der Waals surface area contributed by atoms with Crippen LogP contribution in [-0.2, 0) is 23.1 Å². The van der Waals surface area contributed by atoms with Crippen molar-refractivity contribution in [2.24, 2.45) is 0 Å². The van der Waals surface area contributed by atoms with Crippen LogP contribution < -0.4 is 10.1 Å². The van der Waals surface area contributed by atoms with E-state index in [1.165, 1.54) is 35.5 Å². The molecule has 0 aliphatic carbocycles. The van der Waals surface area contributed by atoms with Crippen LogP contribution in [-0.4, -0.2) is 32.8 Å². The Morgan fingerprint density at radius 1 is 1.10 bits per heavy atom. The highest BCUT2D eigenvalue weighted by Crippen LogP contribution is 2.28. The average molecular weight is 445 g/mol. The second-order valence-electron chi connectivity index (χ2n) is 6.81. The van der Waals surface area contributed by atoms with E-state index < -0.39 is 10.0 Å². The van der Waals surface area contributed by atoms with E-state index in [2.05, 4.69) is 5.32 Å². The zero-order valence-electron chi connectivity index (χ0n) is 17.1. The van der Waals surface area contributed by atoms with E-state index in [4.69, 9.17) is 4.74 Å². The summed E-state index contributed by atoms with van der Waals surface area (Å²) in [7, 11) is -0.955. The van der Waals surface area contributed by atoms with Crippen molar-refractivity contribution >= 4 is 27.3 Å². The van der Waals surface area contributed by atoms with E-state index in [-0.39, 0.29) is 28.7 Å². The zero-order valence-corrected chi connectivity index (χ0v) is 18.7. The Labute approximate surface area is 181 Å². The van der Waals surface area contributed by atoms with E-state index in [0.717, 1.165) is 10.4 Å². The molecular formula is C22H24N2O4S2. The van der Waals surface area contributed by atoms with Gasteiger partial charge in [0, 0.05) is 28.9 Å². The third kappa shape index (κ3) is 5.08. The van der Waals surface area contributed by atoms with Crippen molar-refractivity contribution in [1.82, 2.24) is 9.62 Å². The monoisotopic (exact) mass is 444 g/mol. The summed E-state index contributed by atoms with van der Waals surface area (Å²) < 4.78 is 32.9. The molecule has 8 heteroatoms. The lowest BCUT2D eigenvalue weighted by Crippen LogP contribution is -2.28. The number of aryl methyl sites for hydroxylation is 1. The molecule has 30 heavy (non-hydrogen) atoms. The molecule has 0 spiro atoms. The molecule has 0 saturated heterocycles. The maximum absolute atomic E-state index is 13.2. The van der Waals surface area contributed by atoms with Crippen molar-refractivity contribution in [3.8, 4) is 5.75 Å². The van der Waals surface area contributed by atoms with E-state index in [0.29, 0.717) is 6.54 Å². The van der Waals surface area contributed by atoms with Crippen LogP contribution in [0.2, 0.25) is 0 Å². The van der Waals surface area contributed by atoms with Crippen LogP contribution in [0.4, 0.5) is 0 Å². The van der Waals surface area contributed by atoms with E-state index in [9.17, 15) is 13.2 Å². The lowest BCUT2D eigenvalue weighted by atomic mass is 10.2. The molecule has 6 nitrogen and oxygen atoms in total. The van der Waals surface area contributed by atoms with E-state index >= 15 is 0 Å². The van der Waals surface area contributed by atoms with Crippen LogP contribution in [0.15, 0.2) is 65.6 Å². The summed E-state index contributed by atoms with van der Waals surface area (Å²) in [6.45, 7) is 2.60. The number of sulfonamides is 1. The molecule has 1 amide bonds. The van der Waals surface area contributed by atoms with Gasteiger partial charge < -0.3 is 10.1 Å². The number of carbonyl (C=O) groups is 1. The summed E-state index contributed by atoms with van der Waals surface area (Å²) in [6.07, 6.45) is 0. The van der Waals surface area contributed by atoms with Gasteiger partial charge in [0.05, 0.1) is 13.7 Å². The number of carbonyl (C=O) groups excluding carboxylic acids is 1. The molecule has 1 aromatic heterocycles. The Morgan fingerprint density at radius 2 is 1.83 bits per heavy atom. The largest absolute Gasteiger partial charge is 0.495 e. The summed E-state index contributed by atoms with van der Waals surface area (Å²) in [5.74, 6) is -0.147. The predicted molar refractivity (Wildman–Crippen MR) is 118 cm³/mol. The highest BCUT2D eigenvalue weighted by atomic mass is 32.2. The molecule has 2 aromatic carbocycles. The third-order valence-electron chi connectivity index (χ3n) is 4.58. The number of nitrogens with zero attached hydrogens (tertiary/aromatic N) is 1. The average Bonchev–Trinajstić information content (AvgIpc) is 3.17. The predicted octanol–water partition coefficient (Wildman–Crippen LogP) is 3.82. The first kappa shape index (κ1) is 22.0. The summed E-state index contributed by atoms with van der Waals surface area (Å²) >= 11 is 1.61. The van der Waals surface area contributed by atoms with Crippen LogP contribution in [0.5, 0.6) is 5.75 Å². The van der Waals surface area contributed by atoms with Gasteiger partial charge in [0.15, 0.2) is 0 Å². The van der Waals surface area contributed by atoms with E-state index in [1.807, 2.05) is 49.4 Å². The fraction of sp³-hybridized carbons (Fsp3) is 0.227. The normalized spacial score (nSPS) is 11.5. The van der Waals surface area contributed by atoms with Crippen molar-refractivity contribution in [1.29, 1.82) is 0 Å². The maximum atomic E-state index is 13.2. The SMILES string of the molecule is COc1ccc(C(=O)NCc2ccc(C)s2)cc1S(=O)(=O)N(C)Cc1ccccc1. The molecule has 0 aliphatic rings. The number of methoxy groups -OCH3 is 1. The minimum atomic E-state index is -3.87. The van der Waals surface area contributed by atoms with Crippen LogP contribution in [0.3, 0.4) is 0 Å². The fourth-order valence-corrected chi connectivity index (χ4v) is 5.13. The molecule has 0 unspecified atom stereocenters. The number of rotatable bonds is 8. The van der Waals surface area contributed by atoms with Crippen LogP contribution in [0.1, 0.15) is 25.7 Å². The Balaban J connectivity index is 1.83. The Hall–Kier alpha value is -2.68. The van der Waals surface area contributed by atoms with Crippen LogP contribution >= 0.6 is 11.3 Å². The first-order valence-electron chi connectivity index (χ1n) is 9.33. The zero-order chi connectivity index (χ0) is 21.7. The highest BCUT2D eigenvalue weighted by molar-refractivity contribution is 7.89. The Kier molecular flexibility index (Phi) is 6.91. The fourth-order valence-electron chi connectivity index (χ4n) is 2.96. The topological polar surface area (TPSA) is 75.7 Å². The van der Waals surface area contributed by atoms with Crippen molar-refractivity contribution in [2.45, 2.75) is 24.9 Å². The standard InChI is InChI=1S/C22H24N2O4S2/c1-16-9-11-19(29-16)14-23-22(25)18-10-12-20(28-3)21(13-18)30(26,27)24(2)15-17-7-5-4-6-8-17/h4-13H,14-15H2,1-3H3,(H,23,25).